The lowest BCUT2D eigenvalue weighted by molar-refractivity contribution is -0.117. The van der Waals surface area contributed by atoms with Crippen LogP contribution < -0.4 is 15.4 Å². The molecule has 2 amide bonds. The predicted octanol–water partition coefficient (Wildman–Crippen LogP) is 4.18. The molecule has 1 heterocycles. The SMILES string of the molecule is CCOc1ccccc1NC(=O)Cn1nnc(C(=O)Nc2cc(Cl)ccc2Cl)c1C. The van der Waals surface area contributed by atoms with E-state index in [9.17, 15) is 9.59 Å². The van der Waals surface area contributed by atoms with Crippen LogP contribution in [0, 0.1) is 6.92 Å². The molecule has 1 aromatic heterocycles. The summed E-state index contributed by atoms with van der Waals surface area (Å²) in [5, 5.41) is 14.0. The van der Waals surface area contributed by atoms with Gasteiger partial charge in [0.25, 0.3) is 5.91 Å². The molecule has 2 aromatic carbocycles. The van der Waals surface area contributed by atoms with Crippen molar-refractivity contribution in [2.24, 2.45) is 0 Å². The zero-order valence-electron chi connectivity index (χ0n) is 16.3. The van der Waals surface area contributed by atoms with E-state index in [0.717, 1.165) is 0 Å². The van der Waals surface area contributed by atoms with Crippen LogP contribution in [0.25, 0.3) is 0 Å². The maximum absolute atomic E-state index is 12.6. The third kappa shape index (κ3) is 5.08. The molecule has 0 aliphatic rings. The quantitative estimate of drug-likeness (QED) is 0.565. The molecule has 3 aromatic rings. The van der Waals surface area contributed by atoms with Crippen LogP contribution in [0.15, 0.2) is 42.5 Å². The maximum atomic E-state index is 12.6. The number of amides is 2. The molecule has 156 valence electrons. The van der Waals surface area contributed by atoms with Crippen LogP contribution in [-0.4, -0.2) is 33.4 Å². The Morgan fingerprint density at radius 3 is 2.63 bits per heavy atom. The summed E-state index contributed by atoms with van der Waals surface area (Å²) in [6.07, 6.45) is 0. The van der Waals surface area contributed by atoms with E-state index < -0.39 is 5.91 Å². The number of carbonyl (C=O) groups is 2. The first kappa shape index (κ1) is 21.6. The number of nitrogens with one attached hydrogen (secondary N) is 2. The van der Waals surface area contributed by atoms with Gasteiger partial charge in [-0.2, -0.15) is 0 Å². The van der Waals surface area contributed by atoms with Crippen molar-refractivity contribution in [3.8, 4) is 5.75 Å². The summed E-state index contributed by atoms with van der Waals surface area (Å²) >= 11 is 12.0. The number of aromatic nitrogens is 3. The van der Waals surface area contributed by atoms with E-state index in [2.05, 4.69) is 20.9 Å². The lowest BCUT2D eigenvalue weighted by Gasteiger charge is -2.11. The highest BCUT2D eigenvalue weighted by Gasteiger charge is 2.19. The number of rotatable bonds is 7. The normalized spacial score (nSPS) is 10.5. The van der Waals surface area contributed by atoms with E-state index >= 15 is 0 Å². The number of benzene rings is 2. The molecular formula is C20H19Cl2N5O3. The summed E-state index contributed by atoms with van der Waals surface area (Å²) in [7, 11) is 0. The second-order valence-electron chi connectivity index (χ2n) is 6.24. The molecule has 10 heteroatoms. The Morgan fingerprint density at radius 2 is 1.87 bits per heavy atom. The number of carbonyl (C=O) groups excluding carboxylic acids is 2. The summed E-state index contributed by atoms with van der Waals surface area (Å²) in [5.41, 5.74) is 1.41. The van der Waals surface area contributed by atoms with Gasteiger partial charge in [0.2, 0.25) is 5.91 Å². The average molecular weight is 448 g/mol. The zero-order valence-corrected chi connectivity index (χ0v) is 17.8. The van der Waals surface area contributed by atoms with Gasteiger partial charge in [0.1, 0.15) is 12.3 Å². The fourth-order valence-electron chi connectivity index (χ4n) is 2.67. The Hall–Kier alpha value is -3.10. The van der Waals surface area contributed by atoms with Crippen molar-refractivity contribution in [2.75, 3.05) is 17.2 Å². The molecule has 0 saturated carbocycles. The lowest BCUT2D eigenvalue weighted by Crippen LogP contribution is -2.21. The fraction of sp³-hybridized carbons (Fsp3) is 0.200. The molecule has 0 fully saturated rings. The monoisotopic (exact) mass is 447 g/mol. The van der Waals surface area contributed by atoms with Gasteiger partial charge in [-0.15, -0.1) is 5.10 Å². The second kappa shape index (κ2) is 9.60. The van der Waals surface area contributed by atoms with E-state index in [1.54, 1.807) is 37.3 Å². The first-order valence-electron chi connectivity index (χ1n) is 9.07. The molecule has 0 bridgehead atoms. The summed E-state index contributed by atoms with van der Waals surface area (Å²) in [6.45, 7) is 3.87. The largest absolute Gasteiger partial charge is 0.492 e. The molecule has 0 atom stereocenters. The third-order valence-corrected chi connectivity index (χ3v) is 4.69. The number of para-hydroxylation sites is 2. The molecule has 0 spiro atoms. The first-order chi connectivity index (χ1) is 14.4. The van der Waals surface area contributed by atoms with Crippen molar-refractivity contribution in [3.05, 3.63) is 63.9 Å². The molecule has 30 heavy (non-hydrogen) atoms. The molecule has 0 saturated heterocycles. The highest BCUT2D eigenvalue weighted by molar-refractivity contribution is 6.35. The minimum absolute atomic E-state index is 0.0774. The van der Waals surface area contributed by atoms with Crippen molar-refractivity contribution in [1.82, 2.24) is 15.0 Å². The average Bonchev–Trinajstić information content (AvgIpc) is 3.06. The summed E-state index contributed by atoms with van der Waals surface area (Å²) in [6, 6.07) is 11.8. The van der Waals surface area contributed by atoms with Crippen LogP contribution in [0.2, 0.25) is 10.0 Å². The van der Waals surface area contributed by atoms with E-state index in [4.69, 9.17) is 27.9 Å². The lowest BCUT2D eigenvalue weighted by atomic mass is 10.2. The standard InChI is InChI=1S/C20H19Cl2N5O3/c1-3-30-17-7-5-4-6-15(17)23-18(28)11-27-12(2)19(25-26-27)20(29)24-16-10-13(21)8-9-14(16)22/h4-10H,3,11H2,1-2H3,(H,23,28)(H,24,29). The number of hydrogen-bond acceptors (Lipinski definition) is 5. The van der Waals surface area contributed by atoms with Gasteiger partial charge in [-0.1, -0.05) is 40.5 Å². The molecule has 0 aliphatic carbocycles. The van der Waals surface area contributed by atoms with Crippen LogP contribution in [0.4, 0.5) is 11.4 Å². The van der Waals surface area contributed by atoms with Crippen molar-refractivity contribution in [2.45, 2.75) is 20.4 Å². The Labute approximate surface area is 183 Å². The number of nitrogens with zero attached hydrogens (tertiary/aromatic N) is 3. The molecule has 0 radical (unpaired) electrons. The molecular weight excluding hydrogens is 429 g/mol. The zero-order chi connectivity index (χ0) is 21.7. The number of halogens is 2. The minimum atomic E-state index is -0.509. The molecule has 3 rings (SSSR count). The van der Waals surface area contributed by atoms with Crippen LogP contribution in [-0.2, 0) is 11.3 Å². The van der Waals surface area contributed by atoms with Gasteiger partial charge in [0.05, 0.1) is 28.7 Å². The van der Waals surface area contributed by atoms with E-state index in [1.807, 2.05) is 13.0 Å². The van der Waals surface area contributed by atoms with Gasteiger partial charge in [0.15, 0.2) is 5.69 Å². The topological polar surface area (TPSA) is 98.1 Å². The Bertz CT molecular complexity index is 1080. The Balaban J connectivity index is 1.70. The summed E-state index contributed by atoms with van der Waals surface area (Å²) in [4.78, 5) is 25.0. The minimum Gasteiger partial charge on any atom is -0.492 e. The molecule has 0 aliphatic heterocycles. The van der Waals surface area contributed by atoms with E-state index in [0.29, 0.717) is 39.5 Å². The summed E-state index contributed by atoms with van der Waals surface area (Å²) < 4.78 is 6.84. The number of hydrogen-bond donors (Lipinski definition) is 2. The first-order valence-corrected chi connectivity index (χ1v) is 9.82. The summed E-state index contributed by atoms with van der Waals surface area (Å²) in [5.74, 6) is -0.271. The van der Waals surface area contributed by atoms with Crippen molar-refractivity contribution in [1.29, 1.82) is 0 Å². The van der Waals surface area contributed by atoms with Gasteiger partial charge in [-0.25, -0.2) is 4.68 Å². The highest BCUT2D eigenvalue weighted by Crippen LogP contribution is 2.26. The van der Waals surface area contributed by atoms with E-state index in [1.165, 1.54) is 10.7 Å². The number of ether oxygens (including phenoxy) is 1. The van der Waals surface area contributed by atoms with Crippen LogP contribution in [0.1, 0.15) is 23.1 Å². The van der Waals surface area contributed by atoms with Gasteiger partial charge in [-0.3, -0.25) is 9.59 Å². The Morgan fingerprint density at radius 1 is 1.10 bits per heavy atom. The van der Waals surface area contributed by atoms with Crippen molar-refractivity contribution in [3.63, 3.8) is 0 Å². The van der Waals surface area contributed by atoms with E-state index in [-0.39, 0.29) is 18.1 Å². The second-order valence-corrected chi connectivity index (χ2v) is 7.08. The van der Waals surface area contributed by atoms with Gasteiger partial charge in [-0.05, 0) is 44.2 Å². The van der Waals surface area contributed by atoms with Crippen molar-refractivity contribution < 1.29 is 14.3 Å². The molecule has 2 N–H and O–H groups in total. The highest BCUT2D eigenvalue weighted by atomic mass is 35.5. The van der Waals surface area contributed by atoms with Gasteiger partial charge < -0.3 is 15.4 Å². The molecule has 8 nitrogen and oxygen atoms in total. The molecule has 0 unspecified atom stereocenters. The third-order valence-electron chi connectivity index (χ3n) is 4.13. The van der Waals surface area contributed by atoms with Crippen molar-refractivity contribution >= 4 is 46.4 Å². The Kier molecular flexibility index (Phi) is 6.91. The fourth-order valence-corrected chi connectivity index (χ4v) is 3.01. The predicted molar refractivity (Wildman–Crippen MR) is 115 cm³/mol. The smallest absolute Gasteiger partial charge is 0.278 e. The number of anilines is 2. The van der Waals surface area contributed by atoms with Gasteiger partial charge in [0, 0.05) is 5.02 Å². The van der Waals surface area contributed by atoms with Crippen LogP contribution >= 0.6 is 23.2 Å². The van der Waals surface area contributed by atoms with Crippen LogP contribution in [0.5, 0.6) is 5.75 Å². The van der Waals surface area contributed by atoms with Crippen LogP contribution in [0.3, 0.4) is 0 Å². The maximum Gasteiger partial charge on any atom is 0.278 e. The van der Waals surface area contributed by atoms with Gasteiger partial charge >= 0.3 is 0 Å².